The SMILES string of the molecule is COc1ccccc1C(=O)C1CCc2cccnc21. The molecule has 3 rings (SSSR count). The summed E-state index contributed by atoms with van der Waals surface area (Å²) in [5.74, 6) is 0.610. The Morgan fingerprint density at radius 2 is 2.11 bits per heavy atom. The van der Waals surface area contributed by atoms with Gasteiger partial charge in [-0.05, 0) is 36.6 Å². The van der Waals surface area contributed by atoms with E-state index >= 15 is 0 Å². The summed E-state index contributed by atoms with van der Waals surface area (Å²) in [4.78, 5) is 17.1. The van der Waals surface area contributed by atoms with Gasteiger partial charge in [-0.3, -0.25) is 9.78 Å². The second-order valence-electron chi connectivity index (χ2n) is 4.70. The first kappa shape index (κ1) is 11.9. The number of aryl methyl sites for hydroxylation is 1. The molecule has 1 heterocycles. The summed E-state index contributed by atoms with van der Waals surface area (Å²) in [7, 11) is 1.59. The van der Waals surface area contributed by atoms with Gasteiger partial charge < -0.3 is 4.74 Å². The second-order valence-corrected chi connectivity index (χ2v) is 4.70. The highest BCUT2D eigenvalue weighted by Gasteiger charge is 2.31. The van der Waals surface area contributed by atoms with Crippen molar-refractivity contribution in [3.8, 4) is 5.75 Å². The van der Waals surface area contributed by atoms with Gasteiger partial charge in [0.2, 0.25) is 0 Å². The molecule has 1 aliphatic rings. The van der Waals surface area contributed by atoms with Crippen molar-refractivity contribution in [1.29, 1.82) is 0 Å². The zero-order chi connectivity index (χ0) is 13.2. The van der Waals surface area contributed by atoms with Gasteiger partial charge in [0.05, 0.1) is 24.3 Å². The molecule has 3 heteroatoms. The van der Waals surface area contributed by atoms with Crippen LogP contribution in [0.5, 0.6) is 5.75 Å². The molecule has 1 atom stereocenters. The van der Waals surface area contributed by atoms with Gasteiger partial charge in [0, 0.05) is 6.20 Å². The Bertz CT molecular complexity index is 622. The zero-order valence-corrected chi connectivity index (χ0v) is 10.8. The molecule has 0 radical (unpaired) electrons. The Morgan fingerprint density at radius 1 is 1.26 bits per heavy atom. The molecule has 0 saturated carbocycles. The average Bonchev–Trinajstić information content (AvgIpc) is 2.90. The summed E-state index contributed by atoms with van der Waals surface area (Å²) < 4.78 is 5.27. The Balaban J connectivity index is 1.98. The lowest BCUT2D eigenvalue weighted by Crippen LogP contribution is -2.12. The second kappa shape index (κ2) is 4.84. The Kier molecular flexibility index (Phi) is 3.03. The summed E-state index contributed by atoms with van der Waals surface area (Å²) in [5.41, 5.74) is 2.77. The number of carbonyl (C=O) groups is 1. The van der Waals surface area contributed by atoms with Gasteiger partial charge in [-0.15, -0.1) is 0 Å². The van der Waals surface area contributed by atoms with Crippen molar-refractivity contribution in [3.05, 3.63) is 59.4 Å². The average molecular weight is 253 g/mol. The molecule has 1 aromatic carbocycles. The van der Waals surface area contributed by atoms with Crippen LogP contribution in [0.15, 0.2) is 42.6 Å². The van der Waals surface area contributed by atoms with Gasteiger partial charge in [0.25, 0.3) is 0 Å². The minimum absolute atomic E-state index is 0.106. The Morgan fingerprint density at radius 3 is 2.95 bits per heavy atom. The summed E-state index contributed by atoms with van der Waals surface area (Å²) in [6.45, 7) is 0. The molecule has 3 nitrogen and oxygen atoms in total. The fourth-order valence-corrected chi connectivity index (χ4v) is 2.70. The van der Waals surface area contributed by atoms with Crippen LogP contribution in [0.3, 0.4) is 0 Å². The maximum atomic E-state index is 12.7. The maximum absolute atomic E-state index is 12.7. The molecule has 0 N–H and O–H groups in total. The number of hydrogen-bond donors (Lipinski definition) is 0. The zero-order valence-electron chi connectivity index (χ0n) is 10.8. The molecule has 96 valence electrons. The number of ether oxygens (including phenoxy) is 1. The van der Waals surface area contributed by atoms with Crippen molar-refractivity contribution >= 4 is 5.78 Å². The van der Waals surface area contributed by atoms with Gasteiger partial charge in [-0.25, -0.2) is 0 Å². The number of nitrogens with zero attached hydrogens (tertiary/aromatic N) is 1. The van der Waals surface area contributed by atoms with E-state index < -0.39 is 0 Å². The van der Waals surface area contributed by atoms with E-state index in [0.717, 1.165) is 18.5 Å². The van der Waals surface area contributed by atoms with Gasteiger partial charge in [0.1, 0.15) is 5.75 Å². The van der Waals surface area contributed by atoms with E-state index in [1.165, 1.54) is 5.56 Å². The predicted octanol–water partition coefficient (Wildman–Crippen LogP) is 3.00. The number of methoxy groups -OCH3 is 1. The monoisotopic (exact) mass is 253 g/mol. The summed E-state index contributed by atoms with van der Waals surface area (Å²) in [6.07, 6.45) is 3.52. The first-order valence-corrected chi connectivity index (χ1v) is 6.42. The number of ketones is 1. The van der Waals surface area contributed by atoms with Crippen molar-refractivity contribution < 1.29 is 9.53 Å². The molecule has 0 bridgehead atoms. The third kappa shape index (κ3) is 2.01. The van der Waals surface area contributed by atoms with E-state index in [4.69, 9.17) is 4.74 Å². The third-order valence-electron chi connectivity index (χ3n) is 3.65. The van der Waals surface area contributed by atoms with Crippen LogP contribution >= 0.6 is 0 Å². The normalized spacial score (nSPS) is 17.0. The third-order valence-corrected chi connectivity index (χ3v) is 3.65. The molecule has 0 saturated heterocycles. The fraction of sp³-hybridized carbons (Fsp3) is 0.250. The number of fused-ring (bicyclic) bond motifs is 1. The van der Waals surface area contributed by atoms with Crippen LogP contribution in [0.25, 0.3) is 0 Å². The molecule has 0 spiro atoms. The summed E-state index contributed by atoms with van der Waals surface area (Å²) >= 11 is 0. The number of aromatic nitrogens is 1. The number of carbonyl (C=O) groups excluding carboxylic acids is 1. The molecule has 0 aliphatic heterocycles. The number of Topliss-reactive ketones (excluding diaryl/α,β-unsaturated/α-hetero) is 1. The Hall–Kier alpha value is -2.16. The molecule has 1 aliphatic carbocycles. The van der Waals surface area contributed by atoms with Crippen LogP contribution in [-0.2, 0) is 6.42 Å². The number of para-hydroxylation sites is 1. The van der Waals surface area contributed by atoms with E-state index in [9.17, 15) is 4.79 Å². The number of pyridine rings is 1. The molecule has 0 amide bonds. The van der Waals surface area contributed by atoms with Crippen LogP contribution in [0.2, 0.25) is 0 Å². The topological polar surface area (TPSA) is 39.2 Å². The van der Waals surface area contributed by atoms with Crippen molar-refractivity contribution in [2.75, 3.05) is 7.11 Å². The van der Waals surface area contributed by atoms with Gasteiger partial charge in [-0.2, -0.15) is 0 Å². The highest BCUT2D eigenvalue weighted by molar-refractivity contribution is 6.03. The fourth-order valence-electron chi connectivity index (χ4n) is 2.70. The van der Waals surface area contributed by atoms with E-state index in [0.29, 0.717) is 11.3 Å². The van der Waals surface area contributed by atoms with Crippen molar-refractivity contribution in [1.82, 2.24) is 4.98 Å². The minimum Gasteiger partial charge on any atom is -0.496 e. The highest BCUT2D eigenvalue weighted by Crippen LogP contribution is 2.35. The predicted molar refractivity (Wildman–Crippen MR) is 72.6 cm³/mol. The number of rotatable bonds is 3. The van der Waals surface area contributed by atoms with Crippen LogP contribution in [0, 0.1) is 0 Å². The van der Waals surface area contributed by atoms with Crippen LogP contribution in [0.4, 0.5) is 0 Å². The van der Waals surface area contributed by atoms with Crippen molar-refractivity contribution in [2.24, 2.45) is 0 Å². The first-order valence-electron chi connectivity index (χ1n) is 6.42. The van der Waals surface area contributed by atoms with Gasteiger partial charge in [0.15, 0.2) is 5.78 Å². The smallest absolute Gasteiger partial charge is 0.175 e. The molecular formula is C16H15NO2. The molecule has 2 aromatic rings. The lowest BCUT2D eigenvalue weighted by atomic mass is 9.94. The van der Waals surface area contributed by atoms with E-state index in [-0.39, 0.29) is 11.7 Å². The summed E-state index contributed by atoms with van der Waals surface area (Å²) in [5, 5.41) is 0. The quantitative estimate of drug-likeness (QED) is 0.789. The number of benzene rings is 1. The van der Waals surface area contributed by atoms with Gasteiger partial charge in [-0.1, -0.05) is 18.2 Å². The lowest BCUT2D eigenvalue weighted by Gasteiger charge is -2.12. The molecular weight excluding hydrogens is 238 g/mol. The molecule has 0 fully saturated rings. The maximum Gasteiger partial charge on any atom is 0.175 e. The van der Waals surface area contributed by atoms with Crippen LogP contribution in [0.1, 0.15) is 34.0 Å². The standard InChI is InChI=1S/C16H15NO2/c1-19-14-7-3-2-6-12(14)16(18)13-9-8-11-5-4-10-17-15(11)13/h2-7,10,13H,8-9H2,1H3. The molecule has 1 unspecified atom stereocenters. The summed E-state index contributed by atoms with van der Waals surface area (Å²) in [6, 6.07) is 11.4. The highest BCUT2D eigenvalue weighted by atomic mass is 16.5. The van der Waals surface area contributed by atoms with E-state index in [1.807, 2.05) is 30.3 Å². The van der Waals surface area contributed by atoms with Crippen LogP contribution < -0.4 is 4.74 Å². The Labute approximate surface area is 112 Å². The molecule has 19 heavy (non-hydrogen) atoms. The lowest BCUT2D eigenvalue weighted by molar-refractivity contribution is 0.0955. The minimum atomic E-state index is -0.132. The first-order chi connectivity index (χ1) is 9.31. The molecule has 1 aromatic heterocycles. The van der Waals surface area contributed by atoms with Gasteiger partial charge >= 0.3 is 0 Å². The van der Waals surface area contributed by atoms with E-state index in [1.54, 1.807) is 13.3 Å². The van der Waals surface area contributed by atoms with E-state index in [2.05, 4.69) is 11.1 Å². The van der Waals surface area contributed by atoms with Crippen LogP contribution in [-0.4, -0.2) is 17.9 Å². The van der Waals surface area contributed by atoms with Crippen molar-refractivity contribution in [3.63, 3.8) is 0 Å². The number of hydrogen-bond acceptors (Lipinski definition) is 3. The largest absolute Gasteiger partial charge is 0.496 e. The van der Waals surface area contributed by atoms with Crippen molar-refractivity contribution in [2.45, 2.75) is 18.8 Å².